The number of hydrogen-bond acceptors (Lipinski definition) is 2. The fraction of sp³-hybridized carbons (Fsp3) is 0.0909. The third-order valence-electron chi connectivity index (χ3n) is 3.99. The van der Waals surface area contributed by atoms with E-state index in [1.165, 1.54) is 6.92 Å². The lowest BCUT2D eigenvalue weighted by atomic mass is 10.1. The predicted molar refractivity (Wildman–Crippen MR) is 100 cm³/mol. The van der Waals surface area contributed by atoms with E-state index in [2.05, 4.69) is 0 Å². The SMILES string of the molecule is CC(=O)c1ccc(CC(=O)N(c2ccccc2)c2ccccc2)cc1. The van der Waals surface area contributed by atoms with Crippen molar-refractivity contribution in [1.82, 2.24) is 0 Å². The zero-order valence-electron chi connectivity index (χ0n) is 14.1. The molecule has 0 spiro atoms. The molecule has 3 aromatic rings. The van der Waals surface area contributed by atoms with E-state index < -0.39 is 0 Å². The Hall–Kier alpha value is -3.20. The molecule has 0 aliphatic heterocycles. The van der Waals surface area contributed by atoms with Gasteiger partial charge in [-0.25, -0.2) is 0 Å². The smallest absolute Gasteiger partial charge is 0.235 e. The minimum absolute atomic E-state index is 0.0204. The van der Waals surface area contributed by atoms with Crippen molar-refractivity contribution in [3.8, 4) is 0 Å². The molecule has 0 saturated heterocycles. The van der Waals surface area contributed by atoms with Crippen LogP contribution in [0.1, 0.15) is 22.8 Å². The highest BCUT2D eigenvalue weighted by Gasteiger charge is 2.18. The second-order valence-electron chi connectivity index (χ2n) is 5.83. The van der Waals surface area contributed by atoms with Gasteiger partial charge in [0.1, 0.15) is 0 Å². The Balaban J connectivity index is 1.88. The fourth-order valence-corrected chi connectivity index (χ4v) is 2.70. The first-order chi connectivity index (χ1) is 12.1. The van der Waals surface area contributed by atoms with E-state index in [-0.39, 0.29) is 18.1 Å². The summed E-state index contributed by atoms with van der Waals surface area (Å²) in [4.78, 5) is 26.1. The van der Waals surface area contributed by atoms with Gasteiger partial charge in [0.05, 0.1) is 6.42 Å². The molecule has 0 fully saturated rings. The van der Waals surface area contributed by atoms with Gasteiger partial charge in [-0.3, -0.25) is 14.5 Å². The minimum Gasteiger partial charge on any atom is -0.295 e. The molecule has 0 saturated carbocycles. The number of rotatable bonds is 5. The summed E-state index contributed by atoms with van der Waals surface area (Å²) >= 11 is 0. The van der Waals surface area contributed by atoms with Crippen LogP contribution in [0.25, 0.3) is 0 Å². The van der Waals surface area contributed by atoms with Crippen LogP contribution in [0.2, 0.25) is 0 Å². The molecule has 0 atom stereocenters. The van der Waals surface area contributed by atoms with E-state index in [0.717, 1.165) is 16.9 Å². The molecular formula is C22H19NO2. The largest absolute Gasteiger partial charge is 0.295 e. The van der Waals surface area contributed by atoms with E-state index in [1.54, 1.807) is 17.0 Å². The number of anilines is 2. The number of hydrogen-bond donors (Lipinski definition) is 0. The van der Waals surface area contributed by atoms with Crippen molar-refractivity contribution in [3.05, 3.63) is 96.1 Å². The molecule has 124 valence electrons. The molecule has 3 heteroatoms. The molecule has 3 nitrogen and oxygen atoms in total. The lowest BCUT2D eigenvalue weighted by molar-refractivity contribution is -0.117. The van der Waals surface area contributed by atoms with Crippen LogP contribution < -0.4 is 4.90 Å². The first-order valence-electron chi connectivity index (χ1n) is 8.18. The van der Waals surface area contributed by atoms with Crippen LogP contribution in [0.15, 0.2) is 84.9 Å². The summed E-state index contributed by atoms with van der Waals surface area (Å²) in [6.07, 6.45) is 0.266. The molecule has 1 amide bonds. The number of Topliss-reactive ketones (excluding diaryl/α,β-unsaturated/α-hetero) is 1. The third kappa shape index (κ3) is 4.01. The predicted octanol–water partition coefficient (Wildman–Crippen LogP) is 4.80. The monoisotopic (exact) mass is 329 g/mol. The lowest BCUT2D eigenvalue weighted by Gasteiger charge is -2.23. The lowest BCUT2D eigenvalue weighted by Crippen LogP contribution is -2.27. The average molecular weight is 329 g/mol. The molecule has 0 N–H and O–H groups in total. The van der Waals surface area contributed by atoms with Crippen molar-refractivity contribution in [1.29, 1.82) is 0 Å². The number of nitrogens with zero attached hydrogens (tertiary/aromatic N) is 1. The molecular weight excluding hydrogens is 310 g/mol. The van der Waals surface area contributed by atoms with Crippen LogP contribution >= 0.6 is 0 Å². The Bertz CT molecular complexity index is 816. The first kappa shape index (κ1) is 16.7. The van der Waals surface area contributed by atoms with Crippen LogP contribution in [-0.4, -0.2) is 11.7 Å². The van der Waals surface area contributed by atoms with Crippen molar-refractivity contribution in [2.24, 2.45) is 0 Å². The summed E-state index contributed by atoms with van der Waals surface area (Å²) in [5.41, 5.74) is 3.20. The molecule has 3 rings (SSSR count). The number of carbonyl (C=O) groups is 2. The topological polar surface area (TPSA) is 37.4 Å². The highest BCUT2D eigenvalue weighted by Crippen LogP contribution is 2.26. The molecule has 0 heterocycles. The Morgan fingerprint density at radius 3 is 1.64 bits per heavy atom. The van der Waals surface area contributed by atoms with Gasteiger partial charge in [-0.2, -0.15) is 0 Å². The van der Waals surface area contributed by atoms with Gasteiger partial charge in [0.2, 0.25) is 5.91 Å². The Morgan fingerprint density at radius 1 is 0.720 bits per heavy atom. The molecule has 0 bridgehead atoms. The number of amides is 1. The van der Waals surface area contributed by atoms with Gasteiger partial charge in [-0.15, -0.1) is 0 Å². The third-order valence-corrected chi connectivity index (χ3v) is 3.99. The Labute approximate surface area is 147 Å². The Morgan fingerprint density at radius 2 is 1.20 bits per heavy atom. The van der Waals surface area contributed by atoms with Gasteiger partial charge in [0.25, 0.3) is 0 Å². The number of carbonyl (C=O) groups excluding carboxylic acids is 2. The van der Waals surface area contributed by atoms with Crippen molar-refractivity contribution in [2.45, 2.75) is 13.3 Å². The number of ketones is 1. The van der Waals surface area contributed by atoms with Crippen LogP contribution in [0, 0.1) is 0 Å². The van der Waals surface area contributed by atoms with E-state index >= 15 is 0 Å². The fourth-order valence-electron chi connectivity index (χ4n) is 2.70. The van der Waals surface area contributed by atoms with Crippen LogP contribution in [-0.2, 0) is 11.2 Å². The van der Waals surface area contributed by atoms with Crippen molar-refractivity contribution >= 4 is 23.1 Å². The van der Waals surface area contributed by atoms with E-state index in [4.69, 9.17) is 0 Å². The van der Waals surface area contributed by atoms with Gasteiger partial charge in [0.15, 0.2) is 5.78 Å². The summed E-state index contributed by atoms with van der Waals surface area (Å²) in [5.74, 6) is 0.000971. The van der Waals surface area contributed by atoms with E-state index in [9.17, 15) is 9.59 Å². The molecule has 0 aliphatic carbocycles. The summed E-state index contributed by atoms with van der Waals surface area (Å²) in [6, 6.07) is 26.4. The molecule has 0 unspecified atom stereocenters. The molecule has 0 aliphatic rings. The van der Waals surface area contributed by atoms with Crippen LogP contribution in [0.4, 0.5) is 11.4 Å². The van der Waals surface area contributed by atoms with Gasteiger partial charge in [-0.05, 0) is 36.8 Å². The zero-order valence-corrected chi connectivity index (χ0v) is 14.1. The summed E-state index contributed by atoms with van der Waals surface area (Å²) in [6.45, 7) is 1.53. The zero-order chi connectivity index (χ0) is 17.6. The average Bonchev–Trinajstić information content (AvgIpc) is 2.64. The minimum atomic E-state index is -0.0204. The normalized spacial score (nSPS) is 10.3. The van der Waals surface area contributed by atoms with Crippen molar-refractivity contribution < 1.29 is 9.59 Å². The van der Waals surface area contributed by atoms with Gasteiger partial charge in [-0.1, -0.05) is 60.7 Å². The standard InChI is InChI=1S/C22H19NO2/c1-17(24)19-14-12-18(13-15-19)16-22(25)23(20-8-4-2-5-9-20)21-10-6-3-7-11-21/h2-15H,16H2,1H3. The first-order valence-corrected chi connectivity index (χ1v) is 8.18. The number of para-hydroxylation sites is 2. The van der Waals surface area contributed by atoms with Crippen LogP contribution in [0.3, 0.4) is 0 Å². The highest BCUT2D eigenvalue weighted by molar-refractivity contribution is 6.01. The van der Waals surface area contributed by atoms with Gasteiger partial charge in [0, 0.05) is 16.9 Å². The molecule has 0 radical (unpaired) electrons. The van der Waals surface area contributed by atoms with Crippen LogP contribution in [0.5, 0.6) is 0 Å². The van der Waals surface area contributed by atoms with E-state index in [0.29, 0.717) is 5.56 Å². The quantitative estimate of drug-likeness (QED) is 0.631. The maximum atomic E-state index is 13.0. The Kier molecular flexibility index (Phi) is 5.05. The molecule has 0 aromatic heterocycles. The van der Waals surface area contributed by atoms with Gasteiger partial charge >= 0.3 is 0 Å². The maximum Gasteiger partial charge on any atom is 0.235 e. The summed E-state index contributed by atoms with van der Waals surface area (Å²) < 4.78 is 0. The maximum absolute atomic E-state index is 13.0. The second kappa shape index (κ2) is 7.58. The van der Waals surface area contributed by atoms with Gasteiger partial charge < -0.3 is 0 Å². The summed E-state index contributed by atoms with van der Waals surface area (Å²) in [5, 5.41) is 0. The van der Waals surface area contributed by atoms with Crippen molar-refractivity contribution in [3.63, 3.8) is 0 Å². The molecule has 3 aromatic carbocycles. The highest BCUT2D eigenvalue weighted by atomic mass is 16.2. The van der Waals surface area contributed by atoms with E-state index in [1.807, 2.05) is 72.8 Å². The van der Waals surface area contributed by atoms with Crippen molar-refractivity contribution in [2.75, 3.05) is 4.90 Å². The number of benzene rings is 3. The molecule has 25 heavy (non-hydrogen) atoms. The summed E-state index contributed by atoms with van der Waals surface area (Å²) in [7, 11) is 0. The second-order valence-corrected chi connectivity index (χ2v) is 5.83.